The van der Waals surface area contributed by atoms with Crippen molar-refractivity contribution in [1.29, 1.82) is 0 Å². The van der Waals surface area contributed by atoms with E-state index in [4.69, 9.17) is 5.21 Å². The normalized spacial score (nSPS) is 34.7. The summed E-state index contributed by atoms with van der Waals surface area (Å²) < 4.78 is 0. The van der Waals surface area contributed by atoms with Crippen LogP contribution in [-0.2, 0) is 4.79 Å². The van der Waals surface area contributed by atoms with Gasteiger partial charge in [0.05, 0.1) is 0 Å². The third-order valence-electron chi connectivity index (χ3n) is 1.73. The van der Waals surface area contributed by atoms with Crippen LogP contribution in [-0.4, -0.2) is 33.4 Å². The molecule has 58 valence electrons. The maximum absolute atomic E-state index is 10.9. The molecule has 0 aromatic carbocycles. The van der Waals surface area contributed by atoms with Crippen molar-refractivity contribution in [3.63, 3.8) is 0 Å². The smallest absolute Gasteiger partial charge is 0.277 e. The van der Waals surface area contributed by atoms with Gasteiger partial charge >= 0.3 is 0 Å². The number of rotatable bonds is 0. The average molecular weight is 145 g/mol. The summed E-state index contributed by atoms with van der Waals surface area (Å²) in [7, 11) is 0. The summed E-state index contributed by atoms with van der Waals surface area (Å²) in [5.74, 6) is -0.598. The number of amides is 1. The van der Waals surface area contributed by atoms with Gasteiger partial charge in [-0.25, -0.2) is 5.06 Å². The minimum atomic E-state index is -1.35. The summed E-state index contributed by atoms with van der Waals surface area (Å²) >= 11 is 0. The summed E-state index contributed by atoms with van der Waals surface area (Å²) in [6.45, 7) is 1.74. The SMILES string of the molecule is CC1(O)CCCN(O)C1=O. The van der Waals surface area contributed by atoms with Crippen molar-refractivity contribution in [3.05, 3.63) is 0 Å². The van der Waals surface area contributed by atoms with Crippen LogP contribution in [0.4, 0.5) is 0 Å². The van der Waals surface area contributed by atoms with E-state index in [0.717, 1.165) is 0 Å². The van der Waals surface area contributed by atoms with Crippen LogP contribution in [0.2, 0.25) is 0 Å². The zero-order valence-corrected chi connectivity index (χ0v) is 5.87. The highest BCUT2D eigenvalue weighted by Crippen LogP contribution is 2.19. The van der Waals surface area contributed by atoms with E-state index in [9.17, 15) is 9.90 Å². The fourth-order valence-corrected chi connectivity index (χ4v) is 1.06. The predicted molar refractivity (Wildman–Crippen MR) is 33.4 cm³/mol. The van der Waals surface area contributed by atoms with Crippen molar-refractivity contribution < 1.29 is 15.1 Å². The Morgan fingerprint density at radius 1 is 1.70 bits per heavy atom. The summed E-state index contributed by atoms with van der Waals surface area (Å²) in [6, 6.07) is 0. The number of hydrogen-bond donors (Lipinski definition) is 2. The Hall–Kier alpha value is -0.610. The molecule has 2 N–H and O–H groups in total. The maximum Gasteiger partial charge on any atom is 0.277 e. The first-order valence-corrected chi connectivity index (χ1v) is 3.27. The Morgan fingerprint density at radius 3 is 2.70 bits per heavy atom. The molecule has 0 aromatic rings. The van der Waals surface area contributed by atoms with Crippen molar-refractivity contribution in [2.24, 2.45) is 0 Å². The van der Waals surface area contributed by atoms with Crippen molar-refractivity contribution in [2.75, 3.05) is 6.54 Å². The molecule has 1 atom stereocenters. The summed E-state index contributed by atoms with van der Waals surface area (Å²) in [5.41, 5.74) is -1.35. The van der Waals surface area contributed by atoms with Crippen molar-refractivity contribution in [3.8, 4) is 0 Å². The van der Waals surface area contributed by atoms with E-state index in [2.05, 4.69) is 0 Å². The molecule has 1 amide bonds. The van der Waals surface area contributed by atoms with E-state index in [1.807, 2.05) is 0 Å². The zero-order chi connectivity index (χ0) is 7.78. The highest BCUT2D eigenvalue weighted by atomic mass is 16.5. The fraction of sp³-hybridized carbons (Fsp3) is 0.833. The Morgan fingerprint density at radius 2 is 2.30 bits per heavy atom. The van der Waals surface area contributed by atoms with Crippen molar-refractivity contribution in [2.45, 2.75) is 25.4 Å². The number of nitrogens with zero attached hydrogens (tertiary/aromatic N) is 1. The lowest BCUT2D eigenvalue weighted by molar-refractivity contribution is -0.193. The van der Waals surface area contributed by atoms with Gasteiger partial charge in [-0.2, -0.15) is 0 Å². The van der Waals surface area contributed by atoms with Crippen LogP contribution < -0.4 is 0 Å². The lowest BCUT2D eigenvalue weighted by Gasteiger charge is -2.31. The minimum Gasteiger partial charge on any atom is -0.380 e. The number of piperidine rings is 1. The molecule has 1 heterocycles. The van der Waals surface area contributed by atoms with E-state index in [0.29, 0.717) is 24.4 Å². The standard InChI is InChI=1S/C6H11NO3/c1-6(9)3-2-4-7(10)5(6)8/h9-10H,2-4H2,1H3. The van der Waals surface area contributed by atoms with Crippen LogP contribution in [0.1, 0.15) is 19.8 Å². The molecule has 0 spiro atoms. The third kappa shape index (κ3) is 1.12. The van der Waals surface area contributed by atoms with Gasteiger partial charge < -0.3 is 5.11 Å². The number of carbonyl (C=O) groups is 1. The average Bonchev–Trinajstić information content (AvgIpc) is 1.83. The first-order chi connectivity index (χ1) is 4.54. The van der Waals surface area contributed by atoms with Crippen LogP contribution in [0.25, 0.3) is 0 Å². The van der Waals surface area contributed by atoms with E-state index in [1.165, 1.54) is 6.92 Å². The second kappa shape index (κ2) is 2.21. The second-order valence-electron chi connectivity index (χ2n) is 2.81. The lowest BCUT2D eigenvalue weighted by atomic mass is 9.95. The Labute approximate surface area is 59.0 Å². The lowest BCUT2D eigenvalue weighted by Crippen LogP contribution is -2.50. The van der Waals surface area contributed by atoms with E-state index in [1.54, 1.807) is 0 Å². The summed E-state index contributed by atoms with van der Waals surface area (Å²) in [5, 5.41) is 18.7. The second-order valence-corrected chi connectivity index (χ2v) is 2.81. The van der Waals surface area contributed by atoms with Crippen molar-refractivity contribution >= 4 is 5.91 Å². The van der Waals surface area contributed by atoms with Gasteiger partial charge in [-0.15, -0.1) is 0 Å². The molecule has 0 aliphatic carbocycles. The Balaban J connectivity index is 2.70. The van der Waals surface area contributed by atoms with E-state index in [-0.39, 0.29) is 0 Å². The maximum atomic E-state index is 10.9. The largest absolute Gasteiger partial charge is 0.380 e. The van der Waals surface area contributed by atoms with Crippen molar-refractivity contribution in [1.82, 2.24) is 5.06 Å². The third-order valence-corrected chi connectivity index (χ3v) is 1.73. The monoisotopic (exact) mass is 145 g/mol. The van der Waals surface area contributed by atoms with Crippen LogP contribution in [0, 0.1) is 0 Å². The highest BCUT2D eigenvalue weighted by Gasteiger charge is 2.37. The van der Waals surface area contributed by atoms with E-state index < -0.39 is 11.5 Å². The molecule has 1 aliphatic rings. The van der Waals surface area contributed by atoms with Gasteiger partial charge in [-0.05, 0) is 19.8 Å². The molecule has 1 aliphatic heterocycles. The van der Waals surface area contributed by atoms with E-state index >= 15 is 0 Å². The molecule has 4 heteroatoms. The Kier molecular flexibility index (Phi) is 1.66. The topological polar surface area (TPSA) is 60.8 Å². The molecule has 4 nitrogen and oxygen atoms in total. The summed E-state index contributed by atoms with van der Waals surface area (Å²) in [6.07, 6.45) is 1.08. The molecule has 0 aromatic heterocycles. The van der Waals surface area contributed by atoms with Gasteiger partial charge in [-0.3, -0.25) is 10.0 Å². The summed E-state index contributed by atoms with van der Waals surface area (Å²) in [4.78, 5) is 10.9. The van der Waals surface area contributed by atoms with Gasteiger partial charge in [-0.1, -0.05) is 0 Å². The Bertz CT molecular complexity index is 155. The number of hydroxylamine groups is 2. The number of carbonyl (C=O) groups excluding carboxylic acids is 1. The first-order valence-electron chi connectivity index (χ1n) is 3.27. The first kappa shape index (κ1) is 7.50. The molecular formula is C6H11NO3. The van der Waals surface area contributed by atoms with Gasteiger partial charge in [0.2, 0.25) is 0 Å². The number of hydrogen-bond acceptors (Lipinski definition) is 3. The van der Waals surface area contributed by atoms with Gasteiger partial charge in [0, 0.05) is 6.54 Å². The molecule has 1 rings (SSSR count). The molecule has 0 saturated carbocycles. The molecule has 10 heavy (non-hydrogen) atoms. The van der Waals surface area contributed by atoms with Crippen LogP contribution in [0.3, 0.4) is 0 Å². The van der Waals surface area contributed by atoms with Gasteiger partial charge in [0.1, 0.15) is 5.60 Å². The molecular weight excluding hydrogens is 134 g/mol. The number of aliphatic hydroxyl groups is 1. The fourth-order valence-electron chi connectivity index (χ4n) is 1.06. The molecule has 0 radical (unpaired) electrons. The highest BCUT2D eigenvalue weighted by molar-refractivity contribution is 5.84. The van der Waals surface area contributed by atoms with Crippen LogP contribution in [0.15, 0.2) is 0 Å². The minimum absolute atomic E-state index is 0.328. The van der Waals surface area contributed by atoms with Crippen LogP contribution >= 0.6 is 0 Å². The molecule has 1 fully saturated rings. The van der Waals surface area contributed by atoms with Gasteiger partial charge in [0.15, 0.2) is 0 Å². The molecule has 1 saturated heterocycles. The quantitative estimate of drug-likeness (QED) is 0.462. The zero-order valence-electron chi connectivity index (χ0n) is 5.87. The molecule has 0 bridgehead atoms. The van der Waals surface area contributed by atoms with Crippen LogP contribution in [0.5, 0.6) is 0 Å². The molecule has 1 unspecified atom stereocenters. The predicted octanol–water partition coefficient (Wildman–Crippen LogP) is -0.251. The van der Waals surface area contributed by atoms with Gasteiger partial charge in [0.25, 0.3) is 5.91 Å².